The van der Waals surface area contributed by atoms with Crippen molar-refractivity contribution in [1.82, 2.24) is 16.0 Å². The summed E-state index contributed by atoms with van der Waals surface area (Å²) in [6.07, 6.45) is 0.347. The maximum Gasteiger partial charge on any atom is 0.407 e. The monoisotopic (exact) mass is 795 g/mol. The number of esters is 1. The second-order valence-corrected chi connectivity index (χ2v) is 14.5. The molecule has 2 saturated heterocycles. The third-order valence-corrected chi connectivity index (χ3v) is 10.2. The van der Waals surface area contributed by atoms with E-state index in [1.54, 1.807) is 6.92 Å². The molecule has 6 rings (SSSR count). The zero-order valence-corrected chi connectivity index (χ0v) is 32.9. The number of benzene rings is 4. The number of nitrogens with one attached hydrogen (secondary N) is 3. The number of carbonyl (C=O) groups excluding carboxylic acids is 4. The van der Waals surface area contributed by atoms with Crippen LogP contribution in [-0.2, 0) is 46.2 Å². The van der Waals surface area contributed by atoms with Crippen LogP contribution in [0.5, 0.6) is 5.75 Å². The predicted octanol–water partition coefficient (Wildman–Crippen LogP) is 6.76. The second kappa shape index (κ2) is 21.2. The van der Waals surface area contributed by atoms with Gasteiger partial charge in [-0.1, -0.05) is 91.0 Å². The van der Waals surface area contributed by atoms with Crippen LogP contribution in [0, 0.1) is 0 Å². The molecule has 2 aliphatic rings. The average molecular weight is 796 g/mol. The lowest BCUT2D eigenvalue weighted by Crippen LogP contribution is -2.54. The van der Waals surface area contributed by atoms with Gasteiger partial charge in [0.05, 0.1) is 25.4 Å². The van der Waals surface area contributed by atoms with Crippen molar-refractivity contribution in [2.45, 2.75) is 95.0 Å². The fourth-order valence-corrected chi connectivity index (χ4v) is 7.47. The summed E-state index contributed by atoms with van der Waals surface area (Å²) in [4.78, 5) is 52.0. The molecule has 2 aliphatic heterocycles. The molecule has 13 nitrogen and oxygen atoms in total. The first-order chi connectivity index (χ1) is 28.3. The average Bonchev–Trinajstić information content (AvgIpc) is 3.23. The fraction of sp³-hybridized carbons (Fsp3) is 0.422. The molecule has 58 heavy (non-hydrogen) atoms. The Bertz CT molecular complexity index is 1940. The van der Waals surface area contributed by atoms with Crippen LogP contribution in [-0.4, -0.2) is 80.6 Å². The van der Waals surface area contributed by atoms with E-state index in [1.165, 1.54) is 0 Å². The molecule has 0 bridgehead atoms. The van der Waals surface area contributed by atoms with E-state index < -0.39 is 48.3 Å². The van der Waals surface area contributed by atoms with Gasteiger partial charge in [0.2, 0.25) is 5.91 Å². The Morgan fingerprint density at radius 1 is 0.828 bits per heavy atom. The highest BCUT2D eigenvalue weighted by Crippen LogP contribution is 2.41. The molecule has 13 heteroatoms. The summed E-state index contributed by atoms with van der Waals surface area (Å²) in [5, 5.41) is 10.6. The Labute approximate surface area is 339 Å². The van der Waals surface area contributed by atoms with E-state index in [0.29, 0.717) is 31.4 Å². The van der Waals surface area contributed by atoms with Crippen molar-refractivity contribution in [2.75, 3.05) is 26.4 Å². The number of carbonyl (C=O) groups is 4. The molecule has 4 aromatic rings. The molecule has 0 saturated carbocycles. The van der Waals surface area contributed by atoms with Crippen molar-refractivity contribution in [1.29, 1.82) is 0 Å². The molecule has 2 fully saturated rings. The van der Waals surface area contributed by atoms with Crippen LogP contribution in [0.25, 0.3) is 10.8 Å². The highest BCUT2D eigenvalue weighted by atomic mass is 16.7. The molecule has 0 aliphatic carbocycles. The standard InChI is InChI=1S/C45H53N3O10/c1-2-53-42(50)40(27-32-13-5-3-6-14-32)48-41(49)23-22-36-28-38(56-44(52)47-30-34-17-11-16-33-15-9-10-21-39(33)34)29-45(57-36)24-12-20-37(58-45)31-55-43(51)46-25-26-54-35-18-7-4-8-19-35/h3-11,13-19,21,36-38,40H,2,12,20,22-31H2,1H3,(H,46,51)(H,47,52)(H,48,49)/t36-,37-,38-,40+,45+/m1/s1. The molecule has 0 unspecified atom stereocenters. The number of fused-ring (bicyclic) bond motifs is 1. The summed E-state index contributed by atoms with van der Waals surface area (Å²) in [5.41, 5.74) is 1.85. The maximum absolute atomic E-state index is 13.3. The lowest BCUT2D eigenvalue weighted by atomic mass is 9.90. The number of hydrogen-bond donors (Lipinski definition) is 3. The highest BCUT2D eigenvalue weighted by Gasteiger charge is 2.47. The summed E-state index contributed by atoms with van der Waals surface area (Å²) >= 11 is 0. The summed E-state index contributed by atoms with van der Waals surface area (Å²) in [7, 11) is 0. The molecular formula is C45H53N3O10. The van der Waals surface area contributed by atoms with E-state index in [2.05, 4.69) is 16.0 Å². The lowest BCUT2D eigenvalue weighted by molar-refractivity contribution is -0.329. The summed E-state index contributed by atoms with van der Waals surface area (Å²) < 4.78 is 35.6. The first kappa shape index (κ1) is 42.0. The van der Waals surface area contributed by atoms with Crippen molar-refractivity contribution in [3.05, 3.63) is 114 Å². The van der Waals surface area contributed by atoms with E-state index in [-0.39, 0.29) is 64.5 Å². The first-order valence-corrected chi connectivity index (χ1v) is 20.1. The zero-order valence-electron chi connectivity index (χ0n) is 32.9. The van der Waals surface area contributed by atoms with Crippen LogP contribution in [0.1, 0.15) is 63.0 Å². The van der Waals surface area contributed by atoms with Gasteiger partial charge in [-0.05, 0) is 60.2 Å². The minimum Gasteiger partial charge on any atom is -0.492 e. The molecule has 1 spiro atoms. The smallest absolute Gasteiger partial charge is 0.407 e. The van der Waals surface area contributed by atoms with Gasteiger partial charge in [-0.15, -0.1) is 0 Å². The van der Waals surface area contributed by atoms with Crippen molar-refractivity contribution in [3.8, 4) is 5.75 Å². The van der Waals surface area contributed by atoms with Crippen molar-refractivity contribution < 1.29 is 47.6 Å². The van der Waals surface area contributed by atoms with E-state index in [0.717, 1.165) is 21.9 Å². The fourth-order valence-electron chi connectivity index (χ4n) is 7.47. The van der Waals surface area contributed by atoms with Gasteiger partial charge in [0, 0.05) is 38.6 Å². The van der Waals surface area contributed by atoms with E-state index >= 15 is 0 Å². The molecule has 5 atom stereocenters. The van der Waals surface area contributed by atoms with Crippen molar-refractivity contribution in [3.63, 3.8) is 0 Å². The van der Waals surface area contributed by atoms with Gasteiger partial charge in [-0.25, -0.2) is 14.4 Å². The largest absolute Gasteiger partial charge is 0.492 e. The Morgan fingerprint density at radius 3 is 2.38 bits per heavy atom. The third kappa shape index (κ3) is 12.7. The van der Waals surface area contributed by atoms with Gasteiger partial charge < -0.3 is 44.4 Å². The van der Waals surface area contributed by atoms with Crippen LogP contribution >= 0.6 is 0 Å². The van der Waals surface area contributed by atoms with Gasteiger partial charge >= 0.3 is 18.2 Å². The molecule has 3 N–H and O–H groups in total. The Hall–Kier alpha value is -5.66. The third-order valence-electron chi connectivity index (χ3n) is 10.2. The van der Waals surface area contributed by atoms with Gasteiger partial charge in [0.1, 0.15) is 31.1 Å². The van der Waals surface area contributed by atoms with Gasteiger partial charge in [-0.2, -0.15) is 0 Å². The highest BCUT2D eigenvalue weighted by molar-refractivity contribution is 5.86. The number of ether oxygens (including phenoxy) is 6. The quantitative estimate of drug-likeness (QED) is 0.0593. The normalized spacial score (nSPS) is 20.7. The SMILES string of the molecule is CCOC(=O)[C@H](Cc1ccccc1)NC(=O)CC[C@@H]1C[C@@H](OC(=O)NCc2cccc3ccccc23)C[C@@]2(CCC[C@H](COC(=O)NCCOc3ccccc3)O2)O1. The molecule has 4 aromatic carbocycles. The minimum absolute atomic E-state index is 0.00272. The predicted molar refractivity (Wildman–Crippen MR) is 216 cm³/mol. The Balaban J connectivity index is 1.06. The Kier molecular flexibility index (Phi) is 15.3. The van der Waals surface area contributed by atoms with Crippen LogP contribution in [0.2, 0.25) is 0 Å². The van der Waals surface area contributed by atoms with Gasteiger partial charge in [0.25, 0.3) is 0 Å². The summed E-state index contributed by atoms with van der Waals surface area (Å²) in [6.45, 7) is 2.73. The zero-order chi connectivity index (χ0) is 40.6. The van der Waals surface area contributed by atoms with Gasteiger partial charge in [0.15, 0.2) is 5.79 Å². The van der Waals surface area contributed by atoms with Crippen LogP contribution < -0.4 is 20.7 Å². The lowest BCUT2D eigenvalue weighted by Gasteiger charge is -2.47. The molecule has 308 valence electrons. The number of alkyl carbamates (subject to hydrolysis) is 2. The molecule has 0 aromatic heterocycles. The summed E-state index contributed by atoms with van der Waals surface area (Å²) in [6, 6.07) is 31.8. The number of rotatable bonds is 17. The number of amides is 3. The van der Waals surface area contributed by atoms with E-state index in [4.69, 9.17) is 28.4 Å². The van der Waals surface area contributed by atoms with E-state index in [9.17, 15) is 19.2 Å². The van der Waals surface area contributed by atoms with Crippen LogP contribution in [0.15, 0.2) is 103 Å². The van der Waals surface area contributed by atoms with Crippen molar-refractivity contribution >= 4 is 34.8 Å². The summed E-state index contributed by atoms with van der Waals surface area (Å²) in [5.74, 6) is -1.27. The minimum atomic E-state index is -1.13. The Morgan fingerprint density at radius 2 is 1.57 bits per heavy atom. The molecule has 0 radical (unpaired) electrons. The number of hydrogen-bond acceptors (Lipinski definition) is 10. The topological polar surface area (TPSA) is 160 Å². The van der Waals surface area contributed by atoms with Gasteiger partial charge in [-0.3, -0.25) is 4.79 Å². The molecule has 2 heterocycles. The first-order valence-electron chi connectivity index (χ1n) is 20.1. The maximum atomic E-state index is 13.3. The molecule has 3 amide bonds. The second-order valence-electron chi connectivity index (χ2n) is 14.5. The van der Waals surface area contributed by atoms with Crippen LogP contribution in [0.4, 0.5) is 9.59 Å². The molecular weight excluding hydrogens is 743 g/mol. The van der Waals surface area contributed by atoms with Crippen LogP contribution in [0.3, 0.4) is 0 Å². The number of para-hydroxylation sites is 1. The van der Waals surface area contributed by atoms with E-state index in [1.807, 2.05) is 103 Å². The van der Waals surface area contributed by atoms with Crippen molar-refractivity contribution in [2.24, 2.45) is 0 Å².